The van der Waals surface area contributed by atoms with Gasteiger partial charge in [-0.15, -0.1) is 0 Å². The largest absolute Gasteiger partial charge is 0.396 e. The number of nitrogens with zero attached hydrogens (tertiary/aromatic N) is 2. The number of carbonyl (C=O) groups is 1. The smallest absolute Gasteiger partial charge is 0.258 e. The highest BCUT2D eigenvalue weighted by Crippen LogP contribution is 2.52. The predicted molar refractivity (Wildman–Crippen MR) is 110 cm³/mol. The monoisotopic (exact) mass is 379 g/mol. The number of carbonyl (C=O) groups excluding carboxylic acids is 1. The van der Waals surface area contributed by atoms with Crippen molar-refractivity contribution in [3.8, 4) is 0 Å². The summed E-state index contributed by atoms with van der Waals surface area (Å²) < 4.78 is 0. The van der Waals surface area contributed by atoms with Gasteiger partial charge in [-0.25, -0.2) is 0 Å². The van der Waals surface area contributed by atoms with Crippen molar-refractivity contribution < 1.29 is 9.90 Å². The van der Waals surface area contributed by atoms with Gasteiger partial charge in [-0.05, 0) is 43.7 Å². The van der Waals surface area contributed by atoms with E-state index in [1.54, 1.807) is 12.4 Å². The molecule has 1 amide bonds. The Morgan fingerprint density at radius 1 is 1.29 bits per heavy atom. The first-order valence-electron chi connectivity index (χ1n) is 10.3. The lowest BCUT2D eigenvalue weighted by molar-refractivity contribution is 0.0557. The van der Waals surface area contributed by atoms with Crippen LogP contribution in [0.15, 0.2) is 48.8 Å². The first-order chi connectivity index (χ1) is 13.7. The fourth-order valence-electron chi connectivity index (χ4n) is 5.10. The molecule has 4 rings (SSSR count). The van der Waals surface area contributed by atoms with Crippen molar-refractivity contribution in [1.82, 2.24) is 9.88 Å². The fourth-order valence-corrected chi connectivity index (χ4v) is 5.10. The number of hydrogen-bond acceptors (Lipinski definition) is 4. The Kier molecular flexibility index (Phi) is 5.36. The van der Waals surface area contributed by atoms with Gasteiger partial charge in [0.1, 0.15) is 0 Å². The van der Waals surface area contributed by atoms with E-state index in [0.717, 1.165) is 44.3 Å². The lowest BCUT2D eigenvalue weighted by atomic mass is 9.72. The molecule has 28 heavy (non-hydrogen) atoms. The van der Waals surface area contributed by atoms with Gasteiger partial charge in [0.05, 0.1) is 17.9 Å². The molecule has 148 valence electrons. The number of aromatic nitrogens is 1. The van der Waals surface area contributed by atoms with Crippen molar-refractivity contribution in [3.63, 3.8) is 0 Å². The minimum atomic E-state index is -0.137. The minimum absolute atomic E-state index is 0.0478. The van der Waals surface area contributed by atoms with E-state index in [2.05, 4.69) is 29.4 Å². The summed E-state index contributed by atoms with van der Waals surface area (Å²) in [6, 6.07) is 12.6. The van der Waals surface area contributed by atoms with Crippen molar-refractivity contribution in [2.45, 2.75) is 51.1 Å². The van der Waals surface area contributed by atoms with Gasteiger partial charge < -0.3 is 15.3 Å². The Morgan fingerprint density at radius 3 is 2.82 bits per heavy atom. The summed E-state index contributed by atoms with van der Waals surface area (Å²) >= 11 is 0. The molecule has 5 nitrogen and oxygen atoms in total. The number of benzene rings is 1. The van der Waals surface area contributed by atoms with E-state index in [9.17, 15) is 9.90 Å². The zero-order valence-electron chi connectivity index (χ0n) is 16.5. The molecular formula is C23H29N3O2. The number of hydrogen-bond donors (Lipinski definition) is 2. The van der Waals surface area contributed by atoms with Crippen LogP contribution in [0.5, 0.6) is 0 Å². The Hall–Kier alpha value is -2.40. The number of aliphatic hydroxyl groups is 1. The van der Waals surface area contributed by atoms with Crippen LogP contribution in [0.4, 0.5) is 5.69 Å². The maximum absolute atomic E-state index is 13.4. The number of amides is 1. The Labute approximate surface area is 166 Å². The lowest BCUT2D eigenvalue weighted by Crippen LogP contribution is -2.42. The number of anilines is 1. The summed E-state index contributed by atoms with van der Waals surface area (Å²) in [5.41, 5.74) is 2.61. The third-order valence-electron chi connectivity index (χ3n) is 6.73. The normalized spacial score (nSPS) is 25.9. The van der Waals surface area contributed by atoms with Crippen molar-refractivity contribution in [1.29, 1.82) is 0 Å². The van der Waals surface area contributed by atoms with Gasteiger partial charge in [-0.1, -0.05) is 37.3 Å². The molecule has 2 aromatic rings. The molecule has 2 bridgehead atoms. The molecule has 0 aliphatic carbocycles. The first-order valence-corrected chi connectivity index (χ1v) is 10.3. The molecule has 2 saturated heterocycles. The maximum Gasteiger partial charge on any atom is 0.258 e. The van der Waals surface area contributed by atoms with Crippen LogP contribution in [0.2, 0.25) is 0 Å². The van der Waals surface area contributed by atoms with E-state index in [-0.39, 0.29) is 30.0 Å². The highest BCUT2D eigenvalue weighted by Gasteiger charge is 2.56. The molecule has 2 aliphatic heterocycles. The van der Waals surface area contributed by atoms with E-state index in [0.29, 0.717) is 5.56 Å². The third kappa shape index (κ3) is 3.28. The summed E-state index contributed by atoms with van der Waals surface area (Å²) in [7, 11) is 0. The molecule has 0 saturated carbocycles. The van der Waals surface area contributed by atoms with Gasteiger partial charge in [-0.2, -0.15) is 0 Å². The summed E-state index contributed by atoms with van der Waals surface area (Å²) in [5.74, 6) is 0.0478. The van der Waals surface area contributed by atoms with E-state index >= 15 is 0 Å². The number of aliphatic hydroxyl groups excluding tert-OH is 1. The number of rotatable bonds is 7. The van der Waals surface area contributed by atoms with Gasteiger partial charge in [0.2, 0.25) is 0 Å². The van der Waals surface area contributed by atoms with Crippen LogP contribution in [-0.2, 0) is 6.42 Å². The Balaban J connectivity index is 1.50. The molecular weight excluding hydrogens is 350 g/mol. The van der Waals surface area contributed by atoms with E-state index in [1.165, 1.54) is 5.56 Å². The Bertz CT molecular complexity index is 820. The molecule has 3 atom stereocenters. The van der Waals surface area contributed by atoms with Gasteiger partial charge >= 0.3 is 0 Å². The number of fused-ring (bicyclic) bond motifs is 2. The molecule has 3 heterocycles. The van der Waals surface area contributed by atoms with Gasteiger partial charge in [0, 0.05) is 36.4 Å². The zero-order valence-corrected chi connectivity index (χ0v) is 16.5. The summed E-state index contributed by atoms with van der Waals surface area (Å²) in [5, 5.41) is 13.5. The molecule has 0 radical (unpaired) electrons. The SMILES string of the molecule is CC[C@]1(CO)C[C@H]2CC[C@@H]1N2C(=O)c1cnccc1NCCc1ccccc1. The van der Waals surface area contributed by atoms with Crippen molar-refractivity contribution >= 4 is 11.6 Å². The summed E-state index contributed by atoms with van der Waals surface area (Å²) in [6.45, 7) is 3.04. The second-order valence-corrected chi connectivity index (χ2v) is 8.12. The van der Waals surface area contributed by atoms with Crippen LogP contribution in [0.3, 0.4) is 0 Å². The third-order valence-corrected chi connectivity index (χ3v) is 6.73. The predicted octanol–water partition coefficient (Wildman–Crippen LogP) is 3.50. The van der Waals surface area contributed by atoms with Gasteiger partial charge in [0.25, 0.3) is 5.91 Å². The van der Waals surface area contributed by atoms with Crippen LogP contribution in [0, 0.1) is 5.41 Å². The molecule has 5 heteroatoms. The van der Waals surface area contributed by atoms with Crippen LogP contribution >= 0.6 is 0 Å². The highest BCUT2D eigenvalue weighted by atomic mass is 16.3. The molecule has 2 aliphatic rings. The average molecular weight is 380 g/mol. The topological polar surface area (TPSA) is 65.5 Å². The number of pyridine rings is 1. The fraction of sp³-hybridized carbons (Fsp3) is 0.478. The molecule has 2 fully saturated rings. The minimum Gasteiger partial charge on any atom is -0.396 e. The lowest BCUT2D eigenvalue weighted by Gasteiger charge is -2.34. The quantitative estimate of drug-likeness (QED) is 0.773. The molecule has 0 unspecified atom stereocenters. The first kappa shape index (κ1) is 18.9. The van der Waals surface area contributed by atoms with Gasteiger partial charge in [0.15, 0.2) is 0 Å². The van der Waals surface area contributed by atoms with Gasteiger partial charge in [-0.3, -0.25) is 9.78 Å². The van der Waals surface area contributed by atoms with Crippen molar-refractivity contribution in [3.05, 3.63) is 59.9 Å². The molecule has 1 aromatic heterocycles. The average Bonchev–Trinajstić information content (AvgIpc) is 3.30. The highest BCUT2D eigenvalue weighted by molar-refractivity contribution is 6.00. The second kappa shape index (κ2) is 7.92. The zero-order chi connectivity index (χ0) is 19.6. The molecule has 2 N–H and O–H groups in total. The second-order valence-electron chi connectivity index (χ2n) is 8.12. The molecule has 0 spiro atoms. The van der Waals surface area contributed by atoms with Crippen molar-refractivity contribution in [2.75, 3.05) is 18.5 Å². The van der Waals surface area contributed by atoms with Crippen LogP contribution in [-0.4, -0.2) is 46.1 Å². The van der Waals surface area contributed by atoms with E-state index < -0.39 is 0 Å². The van der Waals surface area contributed by atoms with Crippen LogP contribution < -0.4 is 5.32 Å². The van der Waals surface area contributed by atoms with Crippen molar-refractivity contribution in [2.24, 2.45) is 5.41 Å². The standard InChI is InChI=1S/C23H29N3O2/c1-2-23(16-27)14-18-8-9-21(23)26(18)22(28)19-15-24-12-11-20(19)25-13-10-17-6-4-3-5-7-17/h3-7,11-12,15,18,21,27H,2,8-10,13-14,16H2,1H3,(H,24,25)/t18-,21+,23-/m1/s1. The number of nitrogens with one attached hydrogen (secondary N) is 1. The van der Waals surface area contributed by atoms with E-state index in [4.69, 9.17) is 0 Å². The maximum atomic E-state index is 13.4. The summed E-state index contributed by atoms with van der Waals surface area (Å²) in [6.07, 6.45) is 8.14. The van der Waals surface area contributed by atoms with Crippen LogP contribution in [0.1, 0.15) is 48.5 Å². The Morgan fingerprint density at radius 2 is 2.11 bits per heavy atom. The summed E-state index contributed by atoms with van der Waals surface area (Å²) in [4.78, 5) is 19.7. The molecule has 1 aromatic carbocycles. The van der Waals surface area contributed by atoms with E-state index in [1.807, 2.05) is 29.2 Å². The van der Waals surface area contributed by atoms with Crippen LogP contribution in [0.25, 0.3) is 0 Å².